The van der Waals surface area contributed by atoms with Crippen LogP contribution in [0.5, 0.6) is 0 Å². The molecule has 1 N–H and O–H groups in total. The van der Waals surface area contributed by atoms with E-state index in [2.05, 4.69) is 5.16 Å². The van der Waals surface area contributed by atoms with E-state index in [0.29, 0.717) is 5.56 Å². The predicted octanol–water partition coefficient (Wildman–Crippen LogP) is 3.29. The van der Waals surface area contributed by atoms with Gasteiger partial charge in [-0.2, -0.15) is 0 Å². The van der Waals surface area contributed by atoms with Gasteiger partial charge in [-0.15, -0.1) is 0 Å². The van der Waals surface area contributed by atoms with Crippen molar-refractivity contribution in [1.82, 2.24) is 5.16 Å². The summed E-state index contributed by atoms with van der Waals surface area (Å²) >= 11 is 0. The number of carboxylic acids is 1. The van der Waals surface area contributed by atoms with Crippen LogP contribution in [0.25, 0.3) is 11.3 Å². The van der Waals surface area contributed by atoms with Crippen molar-refractivity contribution in [2.24, 2.45) is 0 Å². The second-order valence-corrected chi connectivity index (χ2v) is 3.69. The molecule has 1 aromatic heterocycles. The van der Waals surface area contributed by atoms with Crippen molar-refractivity contribution in [3.8, 4) is 11.3 Å². The van der Waals surface area contributed by atoms with Crippen LogP contribution in [0.3, 0.4) is 0 Å². The minimum Gasteiger partial charge on any atom is -0.478 e. The lowest BCUT2D eigenvalue weighted by atomic mass is 10.0. The number of aromatic carboxylic acids is 1. The maximum absolute atomic E-state index is 12.9. The Hall–Kier alpha value is -2.24. The summed E-state index contributed by atoms with van der Waals surface area (Å²) in [6, 6.07) is 5.64. The van der Waals surface area contributed by atoms with Gasteiger partial charge in [0, 0.05) is 5.56 Å². The Kier molecular flexibility index (Phi) is 3.10. The highest BCUT2D eigenvalue weighted by Crippen LogP contribution is 2.33. The molecule has 1 heterocycles. The van der Waals surface area contributed by atoms with E-state index in [0.717, 1.165) is 0 Å². The Balaban J connectivity index is 2.55. The molecule has 0 bridgehead atoms. The van der Waals surface area contributed by atoms with Gasteiger partial charge >= 0.3 is 5.97 Å². The normalized spacial score (nSPS) is 10.9. The zero-order valence-electron chi connectivity index (χ0n) is 9.35. The molecule has 0 unspecified atom stereocenters. The molecular weight excluding hydrogens is 244 g/mol. The van der Waals surface area contributed by atoms with Crippen molar-refractivity contribution in [2.75, 3.05) is 0 Å². The summed E-state index contributed by atoms with van der Waals surface area (Å²) in [4.78, 5) is 10.8. The number of halogens is 2. The van der Waals surface area contributed by atoms with Crippen molar-refractivity contribution < 1.29 is 23.2 Å². The fourth-order valence-electron chi connectivity index (χ4n) is 1.64. The average Bonchev–Trinajstić information content (AvgIpc) is 2.71. The third-order valence-electron chi connectivity index (χ3n) is 2.51. The Morgan fingerprint density at radius 3 is 2.78 bits per heavy atom. The van der Waals surface area contributed by atoms with Crippen LogP contribution < -0.4 is 0 Å². The van der Waals surface area contributed by atoms with Crippen LogP contribution in [0.2, 0.25) is 0 Å². The van der Waals surface area contributed by atoms with Gasteiger partial charge in [-0.25, -0.2) is 13.6 Å². The first-order valence-corrected chi connectivity index (χ1v) is 5.08. The van der Waals surface area contributed by atoms with E-state index >= 15 is 0 Å². The Labute approximate surface area is 101 Å². The highest BCUT2D eigenvalue weighted by atomic mass is 19.3. The molecule has 0 aliphatic heterocycles. The summed E-state index contributed by atoms with van der Waals surface area (Å²) in [6.07, 6.45) is -2.72. The van der Waals surface area contributed by atoms with Crippen molar-refractivity contribution in [3.05, 3.63) is 41.2 Å². The summed E-state index contributed by atoms with van der Waals surface area (Å²) < 4.78 is 30.4. The number of hydrogen-bond acceptors (Lipinski definition) is 3. The average molecular weight is 253 g/mol. The van der Waals surface area contributed by atoms with Gasteiger partial charge in [0.25, 0.3) is 6.43 Å². The molecule has 2 aromatic rings. The Morgan fingerprint density at radius 2 is 2.17 bits per heavy atom. The van der Waals surface area contributed by atoms with Crippen LogP contribution in [0, 0.1) is 6.92 Å². The third kappa shape index (κ3) is 2.09. The van der Waals surface area contributed by atoms with E-state index in [1.807, 2.05) is 0 Å². The van der Waals surface area contributed by atoms with E-state index in [1.54, 1.807) is 0 Å². The van der Waals surface area contributed by atoms with Crippen molar-refractivity contribution in [3.63, 3.8) is 0 Å². The van der Waals surface area contributed by atoms with E-state index < -0.39 is 12.4 Å². The number of alkyl halides is 2. The minimum atomic E-state index is -2.72. The highest BCUT2D eigenvalue weighted by molar-refractivity contribution is 5.89. The van der Waals surface area contributed by atoms with E-state index in [1.165, 1.54) is 31.2 Å². The smallest absolute Gasteiger partial charge is 0.335 e. The van der Waals surface area contributed by atoms with E-state index in [4.69, 9.17) is 9.63 Å². The molecule has 0 spiro atoms. The number of aromatic nitrogens is 1. The van der Waals surface area contributed by atoms with Gasteiger partial charge in [0.1, 0.15) is 11.5 Å². The second kappa shape index (κ2) is 4.56. The largest absolute Gasteiger partial charge is 0.478 e. The highest BCUT2D eigenvalue weighted by Gasteiger charge is 2.23. The predicted molar refractivity (Wildman–Crippen MR) is 58.6 cm³/mol. The summed E-state index contributed by atoms with van der Waals surface area (Å²) in [5.74, 6) is -1.10. The number of nitrogens with zero attached hydrogens (tertiary/aromatic N) is 1. The summed E-state index contributed by atoms with van der Waals surface area (Å²) in [5, 5.41) is 12.4. The first-order chi connectivity index (χ1) is 8.50. The third-order valence-corrected chi connectivity index (χ3v) is 2.51. The van der Waals surface area contributed by atoms with Gasteiger partial charge in [-0.05, 0) is 19.1 Å². The van der Waals surface area contributed by atoms with Crippen molar-refractivity contribution >= 4 is 5.97 Å². The molecule has 94 valence electrons. The maximum Gasteiger partial charge on any atom is 0.335 e. The molecule has 18 heavy (non-hydrogen) atoms. The molecule has 0 saturated carbocycles. The van der Waals surface area contributed by atoms with E-state index in [-0.39, 0.29) is 22.6 Å². The van der Waals surface area contributed by atoms with Crippen molar-refractivity contribution in [1.29, 1.82) is 0 Å². The topological polar surface area (TPSA) is 63.3 Å². The number of carboxylic acid groups (broad SMARTS) is 1. The number of hydrogen-bond donors (Lipinski definition) is 1. The molecule has 0 atom stereocenters. The summed E-state index contributed by atoms with van der Waals surface area (Å²) in [7, 11) is 0. The number of rotatable bonds is 3. The van der Waals surface area contributed by atoms with Crippen LogP contribution in [-0.2, 0) is 0 Å². The van der Waals surface area contributed by atoms with Gasteiger partial charge in [-0.3, -0.25) is 0 Å². The SMILES string of the molecule is Cc1onc(-c2cccc(C(=O)O)c2)c1C(F)F. The number of aryl methyl sites for hydroxylation is 1. The minimum absolute atomic E-state index is 0.00775. The lowest BCUT2D eigenvalue weighted by Crippen LogP contribution is -1.96. The summed E-state index contributed by atoms with van der Waals surface area (Å²) in [6.45, 7) is 1.39. The second-order valence-electron chi connectivity index (χ2n) is 3.69. The first kappa shape index (κ1) is 12.2. The maximum atomic E-state index is 12.9. The van der Waals surface area contributed by atoms with Gasteiger partial charge in [0.05, 0.1) is 11.1 Å². The fourth-order valence-corrected chi connectivity index (χ4v) is 1.64. The molecule has 0 amide bonds. The first-order valence-electron chi connectivity index (χ1n) is 5.08. The molecule has 0 radical (unpaired) electrons. The molecule has 6 heteroatoms. The van der Waals surface area contributed by atoms with Gasteiger partial charge in [-0.1, -0.05) is 17.3 Å². The zero-order valence-corrected chi connectivity index (χ0v) is 9.35. The molecular formula is C12H9F2NO3. The molecule has 0 aliphatic carbocycles. The Morgan fingerprint density at radius 1 is 1.44 bits per heavy atom. The fraction of sp³-hybridized carbons (Fsp3) is 0.167. The molecule has 4 nitrogen and oxygen atoms in total. The van der Waals surface area contributed by atoms with Crippen LogP contribution in [0.4, 0.5) is 8.78 Å². The molecule has 0 aliphatic rings. The van der Waals surface area contributed by atoms with Gasteiger partial charge < -0.3 is 9.63 Å². The van der Waals surface area contributed by atoms with Crippen LogP contribution in [0.1, 0.15) is 28.1 Å². The van der Waals surface area contributed by atoms with Gasteiger partial charge in [0.15, 0.2) is 0 Å². The molecule has 0 saturated heterocycles. The van der Waals surface area contributed by atoms with Crippen LogP contribution in [-0.4, -0.2) is 16.2 Å². The van der Waals surface area contributed by atoms with E-state index in [9.17, 15) is 13.6 Å². The molecule has 1 aromatic carbocycles. The zero-order chi connectivity index (χ0) is 13.3. The Bertz CT molecular complexity index is 593. The lowest BCUT2D eigenvalue weighted by Gasteiger charge is -2.02. The standard InChI is InChI=1S/C12H9F2NO3/c1-6-9(11(13)14)10(15-18-6)7-3-2-4-8(5-7)12(16)17/h2-5,11H,1H3,(H,16,17). The monoisotopic (exact) mass is 253 g/mol. The number of carbonyl (C=O) groups is 1. The molecule has 2 rings (SSSR count). The van der Waals surface area contributed by atoms with Crippen LogP contribution in [0.15, 0.2) is 28.8 Å². The van der Waals surface area contributed by atoms with Crippen LogP contribution >= 0.6 is 0 Å². The summed E-state index contributed by atoms with van der Waals surface area (Å²) in [5.41, 5.74) is -0.0291. The quantitative estimate of drug-likeness (QED) is 0.911. The van der Waals surface area contributed by atoms with Gasteiger partial charge in [0.2, 0.25) is 0 Å². The van der Waals surface area contributed by atoms with Crippen molar-refractivity contribution in [2.45, 2.75) is 13.3 Å². The molecule has 0 fully saturated rings. The number of benzene rings is 1. The lowest BCUT2D eigenvalue weighted by molar-refractivity contribution is 0.0697.